The number of Topliss-reactive ketones (excluding diaryl/α,β-unsaturated/α-hetero) is 1. The largest absolute Gasteiger partial charge is 0.442 e. The molecular formula is C19H26N2O3. The van der Waals surface area contributed by atoms with E-state index < -0.39 is 0 Å². The van der Waals surface area contributed by atoms with E-state index in [0.29, 0.717) is 18.7 Å². The van der Waals surface area contributed by atoms with E-state index in [1.54, 1.807) is 19.2 Å². The Bertz CT molecular complexity index is 608. The first-order valence-electron chi connectivity index (χ1n) is 8.47. The molecule has 0 aliphatic carbocycles. The van der Waals surface area contributed by atoms with Gasteiger partial charge in [0.1, 0.15) is 18.6 Å². The van der Waals surface area contributed by atoms with Crippen LogP contribution in [0.3, 0.4) is 0 Å². The summed E-state index contributed by atoms with van der Waals surface area (Å²) >= 11 is 0. The van der Waals surface area contributed by atoms with Gasteiger partial charge in [0, 0.05) is 20.5 Å². The SMILES string of the molecule is CN(C)OCc1coc(C(=O)CCCCCCc2ccccc2)n1. The topological polar surface area (TPSA) is 55.6 Å². The van der Waals surface area contributed by atoms with Gasteiger partial charge in [0.05, 0.1) is 0 Å². The molecule has 0 unspecified atom stereocenters. The number of hydrogen-bond acceptors (Lipinski definition) is 5. The molecule has 0 saturated heterocycles. The third-order valence-electron chi connectivity index (χ3n) is 3.72. The van der Waals surface area contributed by atoms with Crippen molar-refractivity contribution in [2.45, 2.75) is 45.1 Å². The number of aromatic nitrogens is 1. The summed E-state index contributed by atoms with van der Waals surface area (Å²) in [6, 6.07) is 10.5. The van der Waals surface area contributed by atoms with E-state index in [1.807, 2.05) is 6.07 Å². The Balaban J connectivity index is 1.59. The molecule has 1 aromatic heterocycles. The van der Waals surface area contributed by atoms with Crippen molar-refractivity contribution in [3.05, 3.63) is 53.7 Å². The van der Waals surface area contributed by atoms with E-state index in [9.17, 15) is 4.79 Å². The zero-order chi connectivity index (χ0) is 17.2. The first kappa shape index (κ1) is 18.4. The summed E-state index contributed by atoms with van der Waals surface area (Å²) in [7, 11) is 3.59. The molecule has 2 aromatic rings. The number of aryl methyl sites for hydroxylation is 1. The monoisotopic (exact) mass is 330 g/mol. The minimum absolute atomic E-state index is 0.0332. The normalized spacial score (nSPS) is 11.1. The van der Waals surface area contributed by atoms with Gasteiger partial charge in [-0.05, 0) is 24.8 Å². The average Bonchev–Trinajstić information content (AvgIpc) is 3.06. The van der Waals surface area contributed by atoms with Crippen LogP contribution in [0.2, 0.25) is 0 Å². The number of hydroxylamine groups is 2. The molecule has 0 radical (unpaired) electrons. The minimum Gasteiger partial charge on any atom is -0.442 e. The maximum atomic E-state index is 12.0. The van der Waals surface area contributed by atoms with Crippen LogP contribution >= 0.6 is 0 Å². The fourth-order valence-corrected chi connectivity index (χ4v) is 2.42. The Morgan fingerprint density at radius 3 is 2.62 bits per heavy atom. The molecule has 1 aromatic carbocycles. The molecule has 0 amide bonds. The van der Waals surface area contributed by atoms with Gasteiger partial charge in [-0.3, -0.25) is 9.63 Å². The van der Waals surface area contributed by atoms with Crippen LogP contribution in [0, 0.1) is 0 Å². The van der Waals surface area contributed by atoms with Gasteiger partial charge < -0.3 is 4.42 Å². The highest BCUT2D eigenvalue weighted by Crippen LogP contribution is 2.12. The first-order chi connectivity index (χ1) is 11.6. The number of carbonyl (C=O) groups is 1. The van der Waals surface area contributed by atoms with Gasteiger partial charge >= 0.3 is 0 Å². The molecule has 2 rings (SSSR count). The van der Waals surface area contributed by atoms with E-state index in [-0.39, 0.29) is 11.7 Å². The Kier molecular flexibility index (Phi) is 7.65. The summed E-state index contributed by atoms with van der Waals surface area (Å²) in [5, 5.41) is 1.59. The van der Waals surface area contributed by atoms with Crippen molar-refractivity contribution in [3.8, 4) is 0 Å². The predicted molar refractivity (Wildman–Crippen MR) is 92.5 cm³/mol. The number of carbonyl (C=O) groups excluding carboxylic acids is 1. The third-order valence-corrected chi connectivity index (χ3v) is 3.72. The highest BCUT2D eigenvalue weighted by atomic mass is 16.7. The summed E-state index contributed by atoms with van der Waals surface area (Å²) in [5.74, 6) is 0.158. The van der Waals surface area contributed by atoms with Crippen LogP contribution in [0.4, 0.5) is 0 Å². The Morgan fingerprint density at radius 1 is 1.12 bits per heavy atom. The van der Waals surface area contributed by atoms with Crippen LogP contribution in [0.15, 0.2) is 41.0 Å². The first-order valence-corrected chi connectivity index (χ1v) is 8.47. The smallest absolute Gasteiger partial charge is 0.263 e. The molecule has 0 aliphatic heterocycles. The summed E-state index contributed by atoms with van der Waals surface area (Å²) in [6.45, 7) is 0.309. The van der Waals surface area contributed by atoms with Crippen LogP contribution in [-0.4, -0.2) is 29.9 Å². The molecule has 1 heterocycles. The molecule has 0 N–H and O–H groups in total. The highest BCUT2D eigenvalue weighted by molar-refractivity contribution is 5.91. The van der Waals surface area contributed by atoms with Crippen LogP contribution in [-0.2, 0) is 17.9 Å². The van der Waals surface area contributed by atoms with Crippen molar-refractivity contribution >= 4 is 5.78 Å². The van der Waals surface area contributed by atoms with Crippen LogP contribution in [0.25, 0.3) is 0 Å². The minimum atomic E-state index is -0.0332. The zero-order valence-corrected chi connectivity index (χ0v) is 14.5. The van der Waals surface area contributed by atoms with Gasteiger partial charge in [0.15, 0.2) is 0 Å². The quantitative estimate of drug-likeness (QED) is 0.353. The Hall–Kier alpha value is -1.98. The van der Waals surface area contributed by atoms with E-state index in [4.69, 9.17) is 9.25 Å². The standard InChI is InChI=1S/C19H26N2O3/c1-21(2)24-15-17-14-23-19(20-17)18(22)13-9-4-3-6-10-16-11-7-5-8-12-16/h5,7-8,11-12,14H,3-4,6,9-10,13,15H2,1-2H3. The molecule has 0 spiro atoms. The van der Waals surface area contributed by atoms with Crippen molar-refractivity contribution in [1.29, 1.82) is 0 Å². The maximum absolute atomic E-state index is 12.0. The van der Waals surface area contributed by atoms with Crippen molar-refractivity contribution in [1.82, 2.24) is 10.0 Å². The number of unbranched alkanes of at least 4 members (excludes halogenated alkanes) is 3. The number of oxazole rings is 1. The number of nitrogens with zero attached hydrogens (tertiary/aromatic N) is 2. The van der Waals surface area contributed by atoms with Gasteiger partial charge in [-0.15, -0.1) is 0 Å². The predicted octanol–water partition coefficient (Wildman–Crippen LogP) is 4.04. The second-order valence-electron chi connectivity index (χ2n) is 6.05. The van der Waals surface area contributed by atoms with E-state index in [2.05, 4.69) is 29.2 Å². The average molecular weight is 330 g/mol. The lowest BCUT2D eigenvalue weighted by Crippen LogP contribution is -2.12. The molecule has 5 nitrogen and oxygen atoms in total. The van der Waals surface area contributed by atoms with E-state index in [0.717, 1.165) is 32.1 Å². The van der Waals surface area contributed by atoms with Crippen molar-refractivity contribution in [2.75, 3.05) is 14.1 Å². The molecule has 0 saturated carbocycles. The van der Waals surface area contributed by atoms with Gasteiger partial charge in [-0.2, -0.15) is 5.06 Å². The lowest BCUT2D eigenvalue weighted by atomic mass is 10.0. The lowest BCUT2D eigenvalue weighted by molar-refractivity contribution is -0.131. The van der Waals surface area contributed by atoms with Gasteiger partial charge in [0.2, 0.25) is 5.78 Å². The third kappa shape index (κ3) is 6.64. The maximum Gasteiger partial charge on any atom is 0.263 e. The number of ketones is 1. The van der Waals surface area contributed by atoms with Crippen molar-refractivity contribution in [2.24, 2.45) is 0 Å². The van der Waals surface area contributed by atoms with Crippen molar-refractivity contribution < 1.29 is 14.0 Å². The van der Waals surface area contributed by atoms with Gasteiger partial charge in [-0.1, -0.05) is 43.2 Å². The lowest BCUT2D eigenvalue weighted by Gasteiger charge is -2.07. The number of benzene rings is 1. The van der Waals surface area contributed by atoms with Gasteiger partial charge in [0.25, 0.3) is 5.89 Å². The fraction of sp³-hybridized carbons (Fsp3) is 0.474. The molecular weight excluding hydrogens is 304 g/mol. The Labute approximate surface area is 143 Å². The second kappa shape index (κ2) is 10.0. The second-order valence-corrected chi connectivity index (χ2v) is 6.05. The number of rotatable bonds is 11. The summed E-state index contributed by atoms with van der Waals surface area (Å²) in [4.78, 5) is 21.5. The molecule has 0 aliphatic rings. The summed E-state index contributed by atoms with van der Waals surface area (Å²) in [6.07, 6.45) is 7.29. The van der Waals surface area contributed by atoms with E-state index in [1.165, 1.54) is 11.8 Å². The Morgan fingerprint density at radius 2 is 1.88 bits per heavy atom. The summed E-state index contributed by atoms with van der Waals surface area (Å²) < 4.78 is 5.24. The molecule has 5 heteroatoms. The van der Waals surface area contributed by atoms with E-state index >= 15 is 0 Å². The number of hydrogen-bond donors (Lipinski definition) is 0. The molecule has 0 bridgehead atoms. The van der Waals surface area contributed by atoms with Crippen LogP contribution < -0.4 is 0 Å². The van der Waals surface area contributed by atoms with Crippen molar-refractivity contribution in [3.63, 3.8) is 0 Å². The fourth-order valence-electron chi connectivity index (χ4n) is 2.42. The summed E-state index contributed by atoms with van der Waals surface area (Å²) in [5.41, 5.74) is 2.01. The molecule has 130 valence electrons. The van der Waals surface area contributed by atoms with Crippen LogP contribution in [0.5, 0.6) is 0 Å². The molecule has 0 atom stereocenters. The molecule has 0 fully saturated rings. The highest BCUT2D eigenvalue weighted by Gasteiger charge is 2.13. The van der Waals surface area contributed by atoms with Gasteiger partial charge in [-0.25, -0.2) is 4.98 Å². The van der Waals surface area contributed by atoms with Crippen LogP contribution in [0.1, 0.15) is 54.0 Å². The zero-order valence-electron chi connectivity index (χ0n) is 14.5. The molecule has 24 heavy (non-hydrogen) atoms.